The average Bonchev–Trinajstić information content (AvgIpc) is 2.71. The van der Waals surface area contributed by atoms with Gasteiger partial charge in [-0.1, -0.05) is 6.92 Å². The standard InChI is InChI=1S/C14H26N4/c1-4-7-17-9-11(2)16-14(17)18-10-13(8-15)6-5-12(18)3/h9,12-13H,4-8,10,15H2,1-3H3. The predicted octanol–water partition coefficient (Wildman–Crippen LogP) is 2.17. The number of hydrogen-bond donors (Lipinski definition) is 1. The van der Waals surface area contributed by atoms with Gasteiger partial charge >= 0.3 is 0 Å². The van der Waals surface area contributed by atoms with Crippen LogP contribution in [0.2, 0.25) is 0 Å². The van der Waals surface area contributed by atoms with Gasteiger partial charge in [0.25, 0.3) is 0 Å². The molecule has 18 heavy (non-hydrogen) atoms. The fourth-order valence-corrected chi connectivity index (χ4v) is 2.82. The fraction of sp³-hybridized carbons (Fsp3) is 0.786. The van der Waals surface area contributed by atoms with E-state index in [4.69, 9.17) is 10.7 Å². The molecular weight excluding hydrogens is 224 g/mol. The number of aryl methyl sites for hydroxylation is 2. The Balaban J connectivity index is 2.22. The molecule has 2 unspecified atom stereocenters. The van der Waals surface area contributed by atoms with Gasteiger partial charge in [-0.25, -0.2) is 4.98 Å². The molecule has 102 valence electrons. The van der Waals surface area contributed by atoms with Gasteiger partial charge in [-0.3, -0.25) is 0 Å². The quantitative estimate of drug-likeness (QED) is 0.891. The molecule has 2 atom stereocenters. The molecule has 1 aliphatic heterocycles. The van der Waals surface area contributed by atoms with Crippen molar-refractivity contribution < 1.29 is 0 Å². The van der Waals surface area contributed by atoms with E-state index in [-0.39, 0.29) is 0 Å². The number of aromatic nitrogens is 2. The Kier molecular flexibility index (Phi) is 4.27. The number of rotatable bonds is 4. The lowest BCUT2D eigenvalue weighted by Crippen LogP contribution is -2.45. The van der Waals surface area contributed by atoms with E-state index in [2.05, 4.69) is 36.4 Å². The van der Waals surface area contributed by atoms with Gasteiger partial charge in [-0.15, -0.1) is 0 Å². The summed E-state index contributed by atoms with van der Waals surface area (Å²) in [4.78, 5) is 7.17. The van der Waals surface area contributed by atoms with Gasteiger partial charge in [0, 0.05) is 25.3 Å². The smallest absolute Gasteiger partial charge is 0.205 e. The number of anilines is 1. The highest BCUT2D eigenvalue weighted by atomic mass is 15.3. The number of nitrogens with zero attached hydrogens (tertiary/aromatic N) is 3. The Bertz CT molecular complexity index is 385. The van der Waals surface area contributed by atoms with E-state index >= 15 is 0 Å². The molecule has 4 heteroatoms. The van der Waals surface area contributed by atoms with Crippen molar-refractivity contribution in [3.05, 3.63) is 11.9 Å². The summed E-state index contributed by atoms with van der Waals surface area (Å²) in [6.07, 6.45) is 5.78. The number of nitrogens with two attached hydrogens (primary N) is 1. The monoisotopic (exact) mass is 250 g/mol. The minimum absolute atomic E-state index is 0.574. The van der Waals surface area contributed by atoms with Gasteiger partial charge in [-0.05, 0) is 45.6 Å². The molecule has 2 N–H and O–H groups in total. The first-order valence-corrected chi connectivity index (χ1v) is 7.16. The molecule has 0 aliphatic carbocycles. The highest BCUT2D eigenvalue weighted by Crippen LogP contribution is 2.27. The van der Waals surface area contributed by atoms with Crippen molar-refractivity contribution in [1.29, 1.82) is 0 Å². The highest BCUT2D eigenvalue weighted by molar-refractivity contribution is 5.36. The van der Waals surface area contributed by atoms with Gasteiger partial charge in [0.15, 0.2) is 0 Å². The summed E-state index contributed by atoms with van der Waals surface area (Å²) in [6.45, 7) is 9.47. The molecule has 1 saturated heterocycles. The van der Waals surface area contributed by atoms with E-state index in [1.54, 1.807) is 0 Å². The van der Waals surface area contributed by atoms with Crippen molar-refractivity contribution in [2.24, 2.45) is 11.7 Å². The minimum Gasteiger partial charge on any atom is -0.339 e. The topological polar surface area (TPSA) is 47.1 Å². The van der Waals surface area contributed by atoms with Crippen LogP contribution in [0.4, 0.5) is 5.95 Å². The second kappa shape index (κ2) is 5.74. The first-order valence-electron chi connectivity index (χ1n) is 7.16. The lowest BCUT2D eigenvalue weighted by Gasteiger charge is -2.38. The first-order chi connectivity index (χ1) is 8.65. The zero-order valence-electron chi connectivity index (χ0n) is 11.9. The summed E-state index contributed by atoms with van der Waals surface area (Å²) < 4.78 is 2.30. The molecule has 0 amide bonds. The van der Waals surface area contributed by atoms with Gasteiger partial charge < -0.3 is 15.2 Å². The molecular formula is C14H26N4. The van der Waals surface area contributed by atoms with Crippen molar-refractivity contribution in [2.75, 3.05) is 18.0 Å². The number of piperidine rings is 1. The molecule has 0 radical (unpaired) electrons. The molecule has 1 fully saturated rings. The van der Waals surface area contributed by atoms with Gasteiger partial charge in [0.1, 0.15) is 0 Å². The summed E-state index contributed by atoms with van der Waals surface area (Å²) in [6, 6.07) is 0.574. The summed E-state index contributed by atoms with van der Waals surface area (Å²) in [7, 11) is 0. The third-order valence-corrected chi connectivity index (χ3v) is 3.91. The van der Waals surface area contributed by atoms with Gasteiger partial charge in [0.2, 0.25) is 5.95 Å². The van der Waals surface area contributed by atoms with Crippen LogP contribution in [0.3, 0.4) is 0 Å². The van der Waals surface area contributed by atoms with Crippen LogP contribution in [0.25, 0.3) is 0 Å². The van der Waals surface area contributed by atoms with Crippen LogP contribution in [0.15, 0.2) is 6.20 Å². The Labute approximate surface area is 110 Å². The lowest BCUT2D eigenvalue weighted by atomic mass is 9.94. The highest BCUT2D eigenvalue weighted by Gasteiger charge is 2.27. The Morgan fingerprint density at radius 1 is 1.44 bits per heavy atom. The van der Waals surface area contributed by atoms with Crippen LogP contribution in [0.5, 0.6) is 0 Å². The Morgan fingerprint density at radius 2 is 2.22 bits per heavy atom. The van der Waals surface area contributed by atoms with Crippen LogP contribution in [-0.2, 0) is 6.54 Å². The van der Waals surface area contributed by atoms with Crippen molar-refractivity contribution in [2.45, 2.75) is 52.6 Å². The molecule has 1 aromatic rings. The molecule has 0 spiro atoms. The second-order valence-electron chi connectivity index (χ2n) is 5.56. The summed E-state index contributed by atoms with van der Waals surface area (Å²) in [5.74, 6) is 1.76. The summed E-state index contributed by atoms with van der Waals surface area (Å²) in [5, 5.41) is 0. The van der Waals surface area contributed by atoms with Gasteiger partial charge in [-0.2, -0.15) is 0 Å². The van der Waals surface area contributed by atoms with E-state index in [0.717, 1.165) is 37.7 Å². The van der Waals surface area contributed by atoms with E-state index in [0.29, 0.717) is 12.0 Å². The Hall–Kier alpha value is -1.03. The number of hydrogen-bond acceptors (Lipinski definition) is 3. The summed E-state index contributed by atoms with van der Waals surface area (Å²) >= 11 is 0. The number of imidazole rings is 1. The Morgan fingerprint density at radius 3 is 2.89 bits per heavy atom. The van der Waals surface area contributed by atoms with Crippen LogP contribution in [0, 0.1) is 12.8 Å². The normalized spacial score (nSPS) is 24.6. The molecule has 0 bridgehead atoms. The van der Waals surface area contributed by atoms with Gasteiger partial charge in [0.05, 0.1) is 5.69 Å². The van der Waals surface area contributed by atoms with Crippen LogP contribution in [-0.4, -0.2) is 28.7 Å². The zero-order valence-corrected chi connectivity index (χ0v) is 11.9. The maximum atomic E-state index is 5.84. The van der Waals surface area contributed by atoms with Crippen molar-refractivity contribution in [1.82, 2.24) is 9.55 Å². The molecule has 4 nitrogen and oxygen atoms in total. The average molecular weight is 250 g/mol. The molecule has 0 aromatic carbocycles. The molecule has 1 aromatic heterocycles. The molecule has 2 heterocycles. The van der Waals surface area contributed by atoms with Crippen LogP contribution >= 0.6 is 0 Å². The van der Waals surface area contributed by atoms with Crippen molar-refractivity contribution >= 4 is 5.95 Å². The zero-order chi connectivity index (χ0) is 13.1. The van der Waals surface area contributed by atoms with E-state index in [1.807, 2.05) is 0 Å². The first kappa shape index (κ1) is 13.4. The van der Waals surface area contributed by atoms with E-state index in [9.17, 15) is 0 Å². The molecule has 0 saturated carbocycles. The maximum Gasteiger partial charge on any atom is 0.205 e. The third-order valence-electron chi connectivity index (χ3n) is 3.91. The third kappa shape index (κ3) is 2.69. The largest absolute Gasteiger partial charge is 0.339 e. The van der Waals surface area contributed by atoms with E-state index < -0.39 is 0 Å². The fourth-order valence-electron chi connectivity index (χ4n) is 2.82. The van der Waals surface area contributed by atoms with Crippen LogP contribution in [0.1, 0.15) is 38.8 Å². The molecule has 1 aliphatic rings. The lowest BCUT2D eigenvalue weighted by molar-refractivity contribution is 0.366. The second-order valence-corrected chi connectivity index (χ2v) is 5.56. The maximum absolute atomic E-state index is 5.84. The van der Waals surface area contributed by atoms with Crippen LogP contribution < -0.4 is 10.6 Å². The predicted molar refractivity (Wildman–Crippen MR) is 75.8 cm³/mol. The molecule has 2 rings (SSSR count). The minimum atomic E-state index is 0.574. The SMILES string of the molecule is CCCn1cc(C)nc1N1CC(CN)CCC1C. The van der Waals surface area contributed by atoms with Crippen molar-refractivity contribution in [3.8, 4) is 0 Å². The summed E-state index contributed by atoms with van der Waals surface area (Å²) in [5.41, 5.74) is 6.95. The van der Waals surface area contributed by atoms with Crippen molar-refractivity contribution in [3.63, 3.8) is 0 Å². The van der Waals surface area contributed by atoms with E-state index in [1.165, 1.54) is 12.8 Å².